The summed E-state index contributed by atoms with van der Waals surface area (Å²) in [6, 6.07) is 3.35. The smallest absolute Gasteiger partial charge is 0.263 e. The number of aromatic nitrogens is 2. The first kappa shape index (κ1) is 19.5. The van der Waals surface area contributed by atoms with Gasteiger partial charge in [-0.25, -0.2) is 0 Å². The molecule has 10 heteroatoms. The van der Waals surface area contributed by atoms with E-state index in [4.69, 9.17) is 0 Å². The van der Waals surface area contributed by atoms with Gasteiger partial charge in [0.1, 0.15) is 6.04 Å². The molecule has 1 aromatic carbocycles. The lowest BCUT2D eigenvalue weighted by Crippen LogP contribution is -2.54. The fraction of sp³-hybridized carbons (Fsp3) is 0.300. The number of hydrogen-bond donors (Lipinski definition) is 2. The lowest BCUT2D eigenvalue weighted by Gasteiger charge is -2.27. The van der Waals surface area contributed by atoms with E-state index in [2.05, 4.69) is 15.7 Å². The van der Waals surface area contributed by atoms with E-state index >= 15 is 0 Å². The Morgan fingerprint density at radius 3 is 2.73 bits per heavy atom. The maximum Gasteiger partial charge on any atom is 0.263 e. The Labute approximate surface area is 171 Å². The molecule has 30 heavy (non-hydrogen) atoms. The number of aryl methyl sites for hydroxylation is 1. The van der Waals surface area contributed by atoms with Crippen LogP contribution in [-0.2, 0) is 22.7 Å². The van der Waals surface area contributed by atoms with E-state index in [-0.39, 0.29) is 36.1 Å². The van der Waals surface area contributed by atoms with E-state index in [1.807, 2.05) is 6.92 Å². The van der Waals surface area contributed by atoms with Crippen LogP contribution in [0.5, 0.6) is 0 Å². The van der Waals surface area contributed by atoms with Gasteiger partial charge in [-0.15, -0.1) is 0 Å². The number of rotatable bonds is 5. The van der Waals surface area contributed by atoms with Crippen LogP contribution in [0.1, 0.15) is 56.4 Å². The largest absolute Gasteiger partial charge is 0.348 e. The molecule has 4 rings (SSSR count). The minimum atomic E-state index is -1.08. The Bertz CT molecular complexity index is 1090. The summed E-state index contributed by atoms with van der Waals surface area (Å²) < 4.78 is 1.72. The van der Waals surface area contributed by atoms with Gasteiger partial charge in [-0.1, -0.05) is 6.07 Å². The third-order valence-electron chi connectivity index (χ3n) is 5.18. The van der Waals surface area contributed by atoms with E-state index in [1.165, 1.54) is 18.2 Å². The highest BCUT2D eigenvalue weighted by atomic mass is 16.2. The van der Waals surface area contributed by atoms with E-state index in [0.29, 0.717) is 6.54 Å². The molecule has 1 fully saturated rings. The van der Waals surface area contributed by atoms with Crippen LogP contribution < -0.4 is 10.6 Å². The van der Waals surface area contributed by atoms with Crippen molar-refractivity contribution in [1.29, 1.82) is 0 Å². The molecular formula is C20H19N5O5. The second kappa shape index (κ2) is 7.54. The molecule has 0 saturated carbocycles. The average molecular weight is 409 g/mol. The third kappa shape index (κ3) is 3.25. The Balaban J connectivity index is 1.57. The maximum atomic E-state index is 13.0. The number of nitrogens with one attached hydrogen (secondary N) is 2. The van der Waals surface area contributed by atoms with Gasteiger partial charge in [0.25, 0.3) is 17.7 Å². The van der Waals surface area contributed by atoms with Gasteiger partial charge in [-0.3, -0.25) is 38.9 Å². The van der Waals surface area contributed by atoms with Crippen molar-refractivity contribution >= 4 is 29.5 Å². The summed E-state index contributed by atoms with van der Waals surface area (Å²) >= 11 is 0. The Kier molecular flexibility index (Phi) is 4.90. The standard InChI is InChI=1S/C20H19N5O5/c1-2-24-10-11(9-22-24)8-21-17(27)12-4-3-5-13-16(12)20(30)25(19(13)29)14-6-7-15(26)23-18(14)28/h3-5,9-10,14H,2,6-8H2,1H3,(H,21,27)(H,23,26,28). The van der Waals surface area contributed by atoms with Crippen LogP contribution in [0.4, 0.5) is 0 Å². The summed E-state index contributed by atoms with van der Waals surface area (Å²) in [7, 11) is 0. The van der Waals surface area contributed by atoms with Crippen molar-refractivity contribution in [2.45, 2.75) is 38.9 Å². The first-order valence-corrected chi connectivity index (χ1v) is 9.54. The van der Waals surface area contributed by atoms with E-state index < -0.39 is 35.6 Å². The summed E-state index contributed by atoms with van der Waals surface area (Å²) in [6.07, 6.45) is 3.52. The van der Waals surface area contributed by atoms with Crippen LogP contribution in [0.2, 0.25) is 0 Å². The van der Waals surface area contributed by atoms with Gasteiger partial charge in [0.15, 0.2) is 0 Å². The number of carbonyl (C=O) groups excluding carboxylic acids is 5. The van der Waals surface area contributed by atoms with Crippen molar-refractivity contribution in [3.63, 3.8) is 0 Å². The van der Waals surface area contributed by atoms with E-state index in [0.717, 1.165) is 10.5 Å². The molecule has 2 aliphatic rings. The molecule has 2 N–H and O–H groups in total. The van der Waals surface area contributed by atoms with Gasteiger partial charge in [0, 0.05) is 31.3 Å². The Morgan fingerprint density at radius 1 is 1.23 bits per heavy atom. The molecule has 2 aromatic rings. The van der Waals surface area contributed by atoms with Gasteiger partial charge >= 0.3 is 0 Å². The highest BCUT2D eigenvalue weighted by molar-refractivity contribution is 6.26. The van der Waals surface area contributed by atoms with Crippen molar-refractivity contribution in [2.24, 2.45) is 0 Å². The Hall–Kier alpha value is -3.82. The van der Waals surface area contributed by atoms with Crippen molar-refractivity contribution in [1.82, 2.24) is 25.3 Å². The number of fused-ring (bicyclic) bond motifs is 1. The second-order valence-electron chi connectivity index (χ2n) is 7.06. The van der Waals surface area contributed by atoms with Crippen molar-refractivity contribution in [3.05, 3.63) is 52.8 Å². The molecule has 5 amide bonds. The third-order valence-corrected chi connectivity index (χ3v) is 5.18. The van der Waals surface area contributed by atoms with Crippen LogP contribution >= 0.6 is 0 Å². The minimum absolute atomic E-state index is 0.0304. The zero-order chi connectivity index (χ0) is 21.4. The van der Waals surface area contributed by atoms with Crippen molar-refractivity contribution in [3.8, 4) is 0 Å². The van der Waals surface area contributed by atoms with Crippen LogP contribution in [0.15, 0.2) is 30.6 Å². The van der Waals surface area contributed by atoms with E-state index in [1.54, 1.807) is 17.1 Å². The number of nitrogens with zero attached hydrogens (tertiary/aromatic N) is 3. The van der Waals surface area contributed by atoms with Gasteiger partial charge in [0.05, 0.1) is 22.9 Å². The molecule has 0 bridgehead atoms. The SMILES string of the molecule is CCn1cc(CNC(=O)c2cccc3c2C(=O)N(C2CCC(=O)NC2=O)C3=O)cn1. The number of amides is 5. The maximum absolute atomic E-state index is 13.0. The summed E-state index contributed by atoms with van der Waals surface area (Å²) in [5.74, 6) is -3.01. The average Bonchev–Trinajstić information content (AvgIpc) is 3.30. The van der Waals surface area contributed by atoms with E-state index in [9.17, 15) is 24.0 Å². The fourth-order valence-corrected chi connectivity index (χ4v) is 3.65. The minimum Gasteiger partial charge on any atom is -0.348 e. The van der Waals surface area contributed by atoms with Crippen LogP contribution in [0.3, 0.4) is 0 Å². The van der Waals surface area contributed by atoms with Gasteiger partial charge in [-0.2, -0.15) is 5.10 Å². The summed E-state index contributed by atoms with van der Waals surface area (Å²) in [4.78, 5) is 63.0. The van der Waals surface area contributed by atoms with Gasteiger partial charge in [0.2, 0.25) is 11.8 Å². The van der Waals surface area contributed by atoms with Crippen molar-refractivity contribution in [2.75, 3.05) is 0 Å². The number of benzene rings is 1. The van der Waals surface area contributed by atoms with Crippen molar-refractivity contribution < 1.29 is 24.0 Å². The lowest BCUT2D eigenvalue weighted by molar-refractivity contribution is -0.136. The fourth-order valence-electron chi connectivity index (χ4n) is 3.65. The molecule has 0 radical (unpaired) electrons. The van der Waals surface area contributed by atoms with Crippen LogP contribution in [0, 0.1) is 0 Å². The summed E-state index contributed by atoms with van der Waals surface area (Å²) in [5.41, 5.74) is 0.888. The lowest BCUT2D eigenvalue weighted by atomic mass is 10.0. The zero-order valence-electron chi connectivity index (χ0n) is 16.2. The first-order valence-electron chi connectivity index (χ1n) is 9.54. The topological polar surface area (TPSA) is 130 Å². The Morgan fingerprint density at radius 2 is 2.03 bits per heavy atom. The summed E-state index contributed by atoms with van der Waals surface area (Å²) in [6.45, 7) is 2.86. The second-order valence-corrected chi connectivity index (χ2v) is 7.06. The molecule has 0 spiro atoms. The molecule has 1 unspecified atom stereocenters. The number of piperidine rings is 1. The molecule has 154 valence electrons. The quantitative estimate of drug-likeness (QED) is 0.680. The van der Waals surface area contributed by atoms with Crippen LogP contribution in [-0.4, -0.2) is 50.3 Å². The summed E-state index contributed by atoms with van der Waals surface area (Å²) in [5, 5.41) is 9.01. The molecule has 3 heterocycles. The monoisotopic (exact) mass is 409 g/mol. The number of imide groups is 2. The predicted octanol–water partition coefficient (Wildman–Crippen LogP) is 0.234. The molecule has 1 atom stereocenters. The van der Waals surface area contributed by atoms with Gasteiger partial charge < -0.3 is 5.32 Å². The molecule has 1 saturated heterocycles. The highest BCUT2D eigenvalue weighted by Crippen LogP contribution is 2.29. The number of hydrogen-bond acceptors (Lipinski definition) is 6. The molecular weight excluding hydrogens is 390 g/mol. The molecule has 2 aliphatic heterocycles. The predicted molar refractivity (Wildman–Crippen MR) is 102 cm³/mol. The van der Waals surface area contributed by atoms with Crippen LogP contribution in [0.25, 0.3) is 0 Å². The number of carbonyl (C=O) groups is 5. The zero-order valence-corrected chi connectivity index (χ0v) is 16.2. The normalized spacial score (nSPS) is 18.4. The molecule has 10 nitrogen and oxygen atoms in total. The molecule has 0 aliphatic carbocycles. The highest BCUT2D eigenvalue weighted by Gasteiger charge is 2.46. The first-order chi connectivity index (χ1) is 14.4. The molecule has 1 aromatic heterocycles. The van der Waals surface area contributed by atoms with Gasteiger partial charge in [-0.05, 0) is 25.5 Å².